The Morgan fingerprint density at radius 1 is 1.14 bits per heavy atom. The van der Waals surface area contributed by atoms with Crippen molar-refractivity contribution in [2.75, 3.05) is 12.4 Å². The van der Waals surface area contributed by atoms with Crippen LogP contribution in [-0.4, -0.2) is 33.0 Å². The van der Waals surface area contributed by atoms with E-state index >= 15 is 0 Å². The highest BCUT2D eigenvalue weighted by molar-refractivity contribution is 8.00. The van der Waals surface area contributed by atoms with Gasteiger partial charge in [0.2, 0.25) is 5.91 Å². The topological polar surface area (TPSA) is 69.0 Å². The van der Waals surface area contributed by atoms with Crippen molar-refractivity contribution in [2.45, 2.75) is 17.3 Å². The van der Waals surface area contributed by atoms with Crippen LogP contribution in [0.15, 0.2) is 47.6 Å². The van der Waals surface area contributed by atoms with Gasteiger partial charge in [-0.25, -0.2) is 8.78 Å². The summed E-state index contributed by atoms with van der Waals surface area (Å²) in [5, 5.41) is 10.9. The van der Waals surface area contributed by atoms with E-state index in [1.54, 1.807) is 18.6 Å². The predicted molar refractivity (Wildman–Crippen MR) is 103 cm³/mol. The van der Waals surface area contributed by atoms with Crippen molar-refractivity contribution in [2.24, 2.45) is 7.05 Å². The van der Waals surface area contributed by atoms with Crippen molar-refractivity contribution >= 4 is 23.4 Å². The molecule has 0 spiro atoms. The number of rotatable bonds is 6. The van der Waals surface area contributed by atoms with Crippen molar-refractivity contribution in [1.29, 1.82) is 0 Å². The van der Waals surface area contributed by atoms with E-state index < -0.39 is 16.9 Å². The number of ether oxygens (including phenoxy) is 1. The molecule has 0 aliphatic rings. The summed E-state index contributed by atoms with van der Waals surface area (Å²) < 4.78 is 33.2. The summed E-state index contributed by atoms with van der Waals surface area (Å²) in [6.07, 6.45) is 0. The summed E-state index contributed by atoms with van der Waals surface area (Å²) in [6.45, 7) is 1.70. The van der Waals surface area contributed by atoms with E-state index in [1.807, 2.05) is 31.3 Å². The van der Waals surface area contributed by atoms with E-state index in [9.17, 15) is 13.6 Å². The zero-order valence-corrected chi connectivity index (χ0v) is 16.3. The third-order valence-electron chi connectivity index (χ3n) is 4.02. The fourth-order valence-corrected chi connectivity index (χ4v) is 3.25. The average molecular weight is 404 g/mol. The molecule has 0 radical (unpaired) electrons. The van der Waals surface area contributed by atoms with Gasteiger partial charge in [-0.2, -0.15) is 0 Å². The van der Waals surface area contributed by atoms with Crippen LogP contribution in [0.2, 0.25) is 0 Å². The van der Waals surface area contributed by atoms with Crippen LogP contribution in [0.3, 0.4) is 0 Å². The number of hydrogen-bond donors (Lipinski definition) is 1. The molecule has 3 aromatic rings. The van der Waals surface area contributed by atoms with Gasteiger partial charge in [0.15, 0.2) is 22.6 Å². The van der Waals surface area contributed by atoms with Crippen molar-refractivity contribution < 1.29 is 18.3 Å². The van der Waals surface area contributed by atoms with Crippen LogP contribution in [0, 0.1) is 11.6 Å². The maximum absolute atomic E-state index is 13.3. The lowest BCUT2D eigenvalue weighted by Crippen LogP contribution is -2.23. The molecule has 28 heavy (non-hydrogen) atoms. The predicted octanol–water partition coefficient (Wildman–Crippen LogP) is 3.89. The van der Waals surface area contributed by atoms with E-state index in [0.717, 1.165) is 23.4 Å². The quantitative estimate of drug-likeness (QED) is 0.632. The monoisotopic (exact) mass is 404 g/mol. The number of carbonyl (C=O) groups is 1. The Hall–Kier alpha value is -2.94. The molecule has 0 aliphatic carbocycles. The first-order chi connectivity index (χ1) is 13.4. The molecule has 1 aromatic heterocycles. The van der Waals surface area contributed by atoms with Gasteiger partial charge < -0.3 is 14.6 Å². The summed E-state index contributed by atoms with van der Waals surface area (Å²) in [6, 6.07) is 10.6. The number of nitrogens with zero attached hydrogens (tertiary/aromatic N) is 3. The summed E-state index contributed by atoms with van der Waals surface area (Å²) in [4.78, 5) is 12.4. The van der Waals surface area contributed by atoms with E-state index in [-0.39, 0.29) is 11.6 Å². The highest BCUT2D eigenvalue weighted by Crippen LogP contribution is 2.27. The molecule has 1 atom stereocenters. The molecule has 146 valence electrons. The number of anilines is 1. The van der Waals surface area contributed by atoms with E-state index in [1.165, 1.54) is 17.8 Å². The number of aromatic nitrogens is 3. The molecule has 0 fully saturated rings. The van der Waals surface area contributed by atoms with Crippen molar-refractivity contribution in [3.05, 3.63) is 54.1 Å². The van der Waals surface area contributed by atoms with Crippen LogP contribution in [-0.2, 0) is 11.8 Å². The number of nitrogens with one attached hydrogen (secondary N) is 1. The normalized spacial score (nSPS) is 11.9. The molecule has 1 N–H and O–H groups in total. The van der Waals surface area contributed by atoms with Gasteiger partial charge in [-0.05, 0) is 43.3 Å². The Morgan fingerprint density at radius 2 is 1.86 bits per heavy atom. The molecular formula is C19H18F2N4O2S. The summed E-state index contributed by atoms with van der Waals surface area (Å²) in [7, 11) is 3.40. The van der Waals surface area contributed by atoms with Crippen LogP contribution in [0.4, 0.5) is 14.5 Å². The van der Waals surface area contributed by atoms with Gasteiger partial charge in [0.25, 0.3) is 0 Å². The number of amides is 1. The first kappa shape index (κ1) is 19.8. The number of methoxy groups -OCH3 is 1. The zero-order chi connectivity index (χ0) is 20.3. The molecule has 9 heteroatoms. The molecule has 0 bridgehead atoms. The van der Waals surface area contributed by atoms with Crippen LogP contribution in [0.5, 0.6) is 5.75 Å². The minimum absolute atomic E-state index is 0.188. The van der Waals surface area contributed by atoms with Gasteiger partial charge >= 0.3 is 0 Å². The minimum atomic E-state index is -1.02. The molecule has 2 aromatic carbocycles. The standard InChI is InChI=1S/C19H18F2N4O2S/c1-11(18(26)22-13-6-9-15(20)16(21)10-13)28-19-24-23-17(25(19)2)12-4-7-14(27-3)8-5-12/h4-11H,1-3H3,(H,22,26). The largest absolute Gasteiger partial charge is 0.497 e. The lowest BCUT2D eigenvalue weighted by Gasteiger charge is -2.12. The van der Waals surface area contributed by atoms with Gasteiger partial charge in [-0.1, -0.05) is 11.8 Å². The molecule has 0 saturated carbocycles. The summed E-state index contributed by atoms with van der Waals surface area (Å²) in [5.41, 5.74) is 1.05. The Bertz CT molecular complexity index is 992. The van der Waals surface area contributed by atoms with Crippen LogP contribution in [0.1, 0.15) is 6.92 Å². The van der Waals surface area contributed by atoms with Gasteiger partial charge in [0.1, 0.15) is 5.75 Å². The SMILES string of the molecule is COc1ccc(-c2nnc(SC(C)C(=O)Nc3ccc(F)c(F)c3)n2C)cc1. The molecule has 3 rings (SSSR count). The lowest BCUT2D eigenvalue weighted by atomic mass is 10.2. The number of benzene rings is 2. The fourth-order valence-electron chi connectivity index (χ4n) is 2.44. The second-order valence-electron chi connectivity index (χ2n) is 5.97. The zero-order valence-electron chi connectivity index (χ0n) is 15.4. The maximum atomic E-state index is 13.3. The lowest BCUT2D eigenvalue weighted by molar-refractivity contribution is -0.115. The molecule has 0 aliphatic heterocycles. The number of carbonyl (C=O) groups excluding carboxylic acids is 1. The third kappa shape index (κ3) is 4.30. The van der Waals surface area contributed by atoms with E-state index in [0.29, 0.717) is 11.0 Å². The van der Waals surface area contributed by atoms with Crippen LogP contribution < -0.4 is 10.1 Å². The van der Waals surface area contributed by atoms with Crippen molar-refractivity contribution in [3.8, 4) is 17.1 Å². The summed E-state index contributed by atoms with van der Waals surface area (Å²) in [5.74, 6) is -0.951. The summed E-state index contributed by atoms with van der Waals surface area (Å²) >= 11 is 1.21. The second-order valence-corrected chi connectivity index (χ2v) is 7.28. The van der Waals surface area contributed by atoms with Gasteiger partial charge in [-0.15, -0.1) is 10.2 Å². The Morgan fingerprint density at radius 3 is 2.50 bits per heavy atom. The molecule has 6 nitrogen and oxygen atoms in total. The van der Waals surface area contributed by atoms with E-state index in [2.05, 4.69) is 15.5 Å². The highest BCUT2D eigenvalue weighted by atomic mass is 32.2. The second kappa shape index (κ2) is 8.39. The molecule has 1 amide bonds. The first-order valence-electron chi connectivity index (χ1n) is 8.35. The third-order valence-corrected chi connectivity index (χ3v) is 5.16. The maximum Gasteiger partial charge on any atom is 0.237 e. The Labute approximate surface area is 164 Å². The Balaban J connectivity index is 1.69. The average Bonchev–Trinajstić information content (AvgIpc) is 3.05. The number of thioether (sulfide) groups is 1. The number of hydrogen-bond acceptors (Lipinski definition) is 5. The first-order valence-corrected chi connectivity index (χ1v) is 9.23. The molecule has 1 heterocycles. The Kier molecular flexibility index (Phi) is 5.93. The van der Waals surface area contributed by atoms with Gasteiger partial charge in [-0.3, -0.25) is 4.79 Å². The van der Waals surface area contributed by atoms with E-state index in [4.69, 9.17) is 4.74 Å². The number of halogens is 2. The molecule has 1 unspecified atom stereocenters. The van der Waals surface area contributed by atoms with Crippen molar-refractivity contribution in [1.82, 2.24) is 14.8 Å². The van der Waals surface area contributed by atoms with Crippen LogP contribution >= 0.6 is 11.8 Å². The van der Waals surface area contributed by atoms with Gasteiger partial charge in [0, 0.05) is 24.4 Å². The van der Waals surface area contributed by atoms with Gasteiger partial charge in [0.05, 0.1) is 12.4 Å². The fraction of sp³-hybridized carbons (Fsp3) is 0.211. The molecule has 0 saturated heterocycles. The molecular weight excluding hydrogens is 386 g/mol. The van der Waals surface area contributed by atoms with Crippen molar-refractivity contribution in [3.63, 3.8) is 0 Å². The smallest absolute Gasteiger partial charge is 0.237 e. The van der Waals surface area contributed by atoms with Crippen LogP contribution in [0.25, 0.3) is 11.4 Å². The minimum Gasteiger partial charge on any atom is -0.497 e. The highest BCUT2D eigenvalue weighted by Gasteiger charge is 2.20.